The third-order valence-electron chi connectivity index (χ3n) is 11.1. The van der Waals surface area contributed by atoms with Crippen LogP contribution in [-0.2, 0) is 18.9 Å². The molecule has 4 aromatic rings. The van der Waals surface area contributed by atoms with Crippen LogP contribution in [0.5, 0.6) is 0 Å². The van der Waals surface area contributed by atoms with Gasteiger partial charge in [0, 0.05) is 0 Å². The number of halogens is 2. The van der Waals surface area contributed by atoms with E-state index in [-0.39, 0.29) is 4.22 Å². The molecule has 0 heterocycles. The molecule has 0 aromatic heterocycles. The Balaban J connectivity index is 1.76. The van der Waals surface area contributed by atoms with Gasteiger partial charge in [0.05, 0.1) is 0 Å². The van der Waals surface area contributed by atoms with Gasteiger partial charge in [-0.05, 0) is 0 Å². The van der Waals surface area contributed by atoms with Crippen molar-refractivity contribution < 1.29 is 12.4 Å². The topological polar surface area (TPSA) is 0 Å². The molecule has 42 heavy (non-hydrogen) atoms. The summed E-state index contributed by atoms with van der Waals surface area (Å²) in [5, 5.41) is 0. The molecule has 0 saturated heterocycles. The van der Waals surface area contributed by atoms with Crippen molar-refractivity contribution in [2.45, 2.75) is 69.4 Å². The normalized spacial score (nSPS) is 16.9. The van der Waals surface area contributed by atoms with Crippen LogP contribution in [0.4, 0.5) is 0 Å². The predicted octanol–water partition coefficient (Wildman–Crippen LogP) is 11.0. The molecule has 217 valence electrons. The van der Waals surface area contributed by atoms with Crippen LogP contribution in [0.25, 0.3) is 28.3 Å². The molecule has 0 fully saturated rings. The van der Waals surface area contributed by atoms with Gasteiger partial charge in [0.15, 0.2) is 0 Å². The summed E-state index contributed by atoms with van der Waals surface area (Å²) in [6, 6.07) is 38.6. The molecule has 0 spiro atoms. The molecule has 0 N–H and O–H groups in total. The molecule has 2 aliphatic carbocycles. The van der Waals surface area contributed by atoms with Crippen molar-refractivity contribution in [3.05, 3.63) is 119 Å². The first-order valence-corrected chi connectivity index (χ1v) is 30.1. The van der Waals surface area contributed by atoms with Crippen LogP contribution in [0.3, 0.4) is 0 Å². The van der Waals surface area contributed by atoms with Crippen LogP contribution in [-0.4, -0.2) is 13.8 Å². The number of hydrogen-bond acceptors (Lipinski definition) is 0. The van der Waals surface area contributed by atoms with E-state index in [1.165, 1.54) is 78.1 Å². The van der Waals surface area contributed by atoms with Gasteiger partial charge < -0.3 is 0 Å². The predicted molar refractivity (Wildman–Crippen MR) is 189 cm³/mol. The molecule has 0 bridgehead atoms. The van der Waals surface area contributed by atoms with Crippen molar-refractivity contribution in [3.8, 4) is 22.3 Å². The molecule has 1 atom stereocenters. The van der Waals surface area contributed by atoms with Crippen LogP contribution in [0.2, 0.25) is 24.2 Å². The molecule has 6 rings (SSSR count). The number of rotatable bonds is 9. The monoisotopic (exact) mass is 661 g/mol. The number of hydrogen-bond donors (Lipinski definition) is 0. The summed E-state index contributed by atoms with van der Waals surface area (Å²) >= 11 is -4.71. The Morgan fingerprint density at radius 1 is 0.762 bits per heavy atom. The molecule has 0 radical (unpaired) electrons. The van der Waals surface area contributed by atoms with Gasteiger partial charge in [-0.2, -0.15) is 0 Å². The number of allylic oxidation sites excluding steroid dienone is 1. The van der Waals surface area contributed by atoms with Gasteiger partial charge in [0.2, 0.25) is 0 Å². The first-order chi connectivity index (χ1) is 20.3. The van der Waals surface area contributed by atoms with E-state index < -0.39 is 26.2 Å². The first kappa shape index (κ1) is 30.4. The van der Waals surface area contributed by atoms with Crippen molar-refractivity contribution in [1.82, 2.24) is 0 Å². The van der Waals surface area contributed by atoms with Gasteiger partial charge in [-0.15, -0.1) is 0 Å². The first-order valence-electron chi connectivity index (χ1n) is 15.9. The van der Waals surface area contributed by atoms with Crippen molar-refractivity contribution >= 4 is 42.3 Å². The maximum atomic E-state index is 8.96. The number of fused-ring (bicyclic) bond motifs is 4. The van der Waals surface area contributed by atoms with Gasteiger partial charge in [-0.1, -0.05) is 0 Å². The van der Waals surface area contributed by atoms with Crippen LogP contribution >= 0.6 is 18.6 Å². The van der Waals surface area contributed by atoms with E-state index in [1.807, 2.05) is 0 Å². The van der Waals surface area contributed by atoms with Crippen LogP contribution in [0.15, 0.2) is 96.6 Å². The zero-order valence-corrected chi connectivity index (χ0v) is 30.9. The Bertz CT molecular complexity index is 1670. The molecular weight excluding hydrogens is 619 g/mol. The molecule has 0 saturated carbocycles. The second kappa shape index (κ2) is 11.4. The van der Waals surface area contributed by atoms with E-state index in [0.717, 1.165) is 6.42 Å². The Morgan fingerprint density at radius 2 is 1.40 bits per heavy atom. The quantitative estimate of drug-likeness (QED) is 0.138. The van der Waals surface area contributed by atoms with E-state index in [1.54, 1.807) is 0 Å². The van der Waals surface area contributed by atoms with Gasteiger partial charge in [0.1, 0.15) is 0 Å². The zero-order chi connectivity index (χ0) is 29.7. The second-order valence-electron chi connectivity index (χ2n) is 12.6. The fourth-order valence-corrected chi connectivity index (χ4v) is 87.6. The number of benzene rings is 4. The fourth-order valence-electron chi connectivity index (χ4n) is 9.32. The summed E-state index contributed by atoms with van der Waals surface area (Å²) in [5.41, 5.74) is 10.0. The van der Waals surface area contributed by atoms with Gasteiger partial charge >= 0.3 is 265 Å². The summed E-state index contributed by atoms with van der Waals surface area (Å²) in [6.07, 6.45) is 3.32. The third-order valence-corrected chi connectivity index (χ3v) is 78.3. The molecule has 4 aromatic carbocycles. The summed E-state index contributed by atoms with van der Waals surface area (Å²) in [5.74, 6) is 0. The van der Waals surface area contributed by atoms with E-state index in [2.05, 4.69) is 132 Å². The van der Waals surface area contributed by atoms with E-state index in [9.17, 15) is 0 Å². The van der Waals surface area contributed by atoms with Crippen molar-refractivity contribution in [2.24, 2.45) is 0 Å². The minimum absolute atomic E-state index is 0.122. The van der Waals surface area contributed by atoms with Gasteiger partial charge in [-0.3, -0.25) is 0 Å². The van der Waals surface area contributed by atoms with Crippen molar-refractivity contribution in [2.75, 3.05) is 0 Å². The van der Waals surface area contributed by atoms with E-state index in [4.69, 9.17) is 18.6 Å². The Labute approximate surface area is 263 Å². The van der Waals surface area contributed by atoms with Crippen molar-refractivity contribution in [1.29, 1.82) is 0 Å². The van der Waals surface area contributed by atoms with E-state index >= 15 is 0 Å². The zero-order valence-electron chi connectivity index (χ0n) is 25.7. The van der Waals surface area contributed by atoms with Gasteiger partial charge in [0.25, 0.3) is 0 Å². The fraction of sp³-hybridized carbons (Fsp3) is 0.297. The van der Waals surface area contributed by atoms with E-state index in [0.29, 0.717) is 0 Å². The van der Waals surface area contributed by atoms with Crippen LogP contribution in [0, 0.1) is 0 Å². The standard InChI is InChI=1S/C19H13.C10H9.C8H21Si2.2ClH.Ti/c1-2-7-14(8-3-1)17-12-6-10-16-13-15-9-4-5-11-18(15)19(16)17;1-8-6-9-4-2-3-5-10(9)7-8;1-5-9(6-2)10(7-3)8-4;;;/h1-9,11-12H,13H2;2-7H,1H3;9H,5-8H2,1-4H3;2*1H;/q;;;;;+2/p-2. The molecule has 0 aliphatic heterocycles. The molecule has 0 nitrogen and oxygen atoms in total. The maximum absolute atomic E-state index is 8.96. The third kappa shape index (κ3) is 4.16. The Hall–Kier alpha value is -1.65. The molecule has 2 aliphatic rings. The molecular formula is C37H43Cl2Si2Ti. The summed E-state index contributed by atoms with van der Waals surface area (Å²) < 4.78 is 1.50. The van der Waals surface area contributed by atoms with Gasteiger partial charge in [-0.25, -0.2) is 0 Å². The Morgan fingerprint density at radius 3 is 2.10 bits per heavy atom. The second-order valence-corrected chi connectivity index (χ2v) is 51.8. The average molecular weight is 663 g/mol. The summed E-state index contributed by atoms with van der Waals surface area (Å²) in [6.45, 7) is 12.1. The van der Waals surface area contributed by atoms with Crippen LogP contribution < -0.4 is 3.87 Å². The molecule has 1 unspecified atom stereocenters. The van der Waals surface area contributed by atoms with Crippen LogP contribution in [0.1, 0.15) is 61.1 Å². The SMILES string of the molecule is CC[SiH](CC)[Si](CC)(CC)[Ti]([Cl])([Cl])([c]1ccc(-c2ccccc2)c2c1Cc1ccccc1-2)[CH]1C(C)=Cc2ccccc21. The van der Waals surface area contributed by atoms with Crippen molar-refractivity contribution in [3.63, 3.8) is 0 Å². The average Bonchev–Trinajstić information content (AvgIpc) is 3.57. The molecule has 5 heteroatoms. The minimum atomic E-state index is -4.71. The summed E-state index contributed by atoms with van der Waals surface area (Å²) in [4.78, 5) is 0. The molecule has 0 amide bonds. The summed E-state index contributed by atoms with van der Waals surface area (Å²) in [7, 11) is 16.7. The Kier molecular flexibility index (Phi) is 8.22.